The van der Waals surface area contributed by atoms with E-state index in [1.54, 1.807) is 18.2 Å². The molecule has 0 spiro atoms. The van der Waals surface area contributed by atoms with Gasteiger partial charge in [-0.25, -0.2) is 4.98 Å². The van der Waals surface area contributed by atoms with E-state index in [1.165, 1.54) is 0 Å². The lowest BCUT2D eigenvalue weighted by Crippen LogP contribution is -2.21. The Morgan fingerprint density at radius 3 is 2.57 bits per heavy atom. The quantitative estimate of drug-likeness (QED) is 0.841. The number of aryl methyl sites for hydroxylation is 1. The summed E-state index contributed by atoms with van der Waals surface area (Å²) in [6, 6.07) is 7.66. The minimum atomic E-state index is 0.442. The normalized spacial score (nSPS) is 11.0. The minimum absolute atomic E-state index is 0.442. The second-order valence-electron chi connectivity index (χ2n) is 5.18. The van der Waals surface area contributed by atoms with Crippen molar-refractivity contribution in [3.05, 3.63) is 51.6 Å². The molecule has 0 atom stereocenters. The zero-order valence-corrected chi connectivity index (χ0v) is 13.8. The molecule has 0 aliphatic carbocycles. The second kappa shape index (κ2) is 7.12. The Balaban J connectivity index is 2.11. The van der Waals surface area contributed by atoms with E-state index in [-0.39, 0.29) is 0 Å². The maximum absolute atomic E-state index is 5.98. The van der Waals surface area contributed by atoms with E-state index in [9.17, 15) is 0 Å². The van der Waals surface area contributed by atoms with Crippen molar-refractivity contribution in [3.8, 4) is 11.6 Å². The Bertz CT molecular complexity index is 630. The van der Waals surface area contributed by atoms with E-state index in [1.807, 2.05) is 13.1 Å². The lowest BCUT2D eigenvalue weighted by molar-refractivity contribution is 0.458. The Morgan fingerprint density at radius 2 is 1.95 bits per heavy atom. The zero-order chi connectivity index (χ0) is 15.4. The molecule has 5 heteroatoms. The number of rotatable bonds is 5. The first-order valence-corrected chi connectivity index (χ1v) is 7.53. The van der Waals surface area contributed by atoms with Gasteiger partial charge in [0, 0.05) is 30.4 Å². The van der Waals surface area contributed by atoms with Gasteiger partial charge in [0.05, 0.1) is 10.0 Å². The van der Waals surface area contributed by atoms with E-state index in [0.29, 0.717) is 27.7 Å². The van der Waals surface area contributed by atoms with Crippen LogP contribution >= 0.6 is 23.2 Å². The summed E-state index contributed by atoms with van der Waals surface area (Å²) in [5.41, 5.74) is 2.10. The van der Waals surface area contributed by atoms with Crippen molar-refractivity contribution in [1.29, 1.82) is 0 Å². The molecule has 1 aromatic carbocycles. The molecule has 0 fully saturated rings. The molecule has 0 saturated carbocycles. The van der Waals surface area contributed by atoms with E-state index >= 15 is 0 Å². The largest absolute Gasteiger partial charge is 0.439 e. The van der Waals surface area contributed by atoms with Crippen LogP contribution in [-0.2, 0) is 6.54 Å². The van der Waals surface area contributed by atoms with Gasteiger partial charge in [-0.1, -0.05) is 37.0 Å². The van der Waals surface area contributed by atoms with E-state index in [0.717, 1.165) is 17.7 Å². The third kappa shape index (κ3) is 4.60. The number of aromatic nitrogens is 1. The van der Waals surface area contributed by atoms with Crippen molar-refractivity contribution in [2.24, 2.45) is 0 Å². The highest BCUT2D eigenvalue weighted by molar-refractivity contribution is 6.42. The molecule has 0 saturated heterocycles. The molecule has 1 N–H and O–H groups in total. The average Bonchev–Trinajstić information content (AvgIpc) is 2.43. The molecule has 112 valence electrons. The van der Waals surface area contributed by atoms with Gasteiger partial charge in [-0.3, -0.25) is 0 Å². The van der Waals surface area contributed by atoms with Crippen LogP contribution in [0, 0.1) is 6.92 Å². The minimum Gasteiger partial charge on any atom is -0.439 e. The number of nitrogens with one attached hydrogen (secondary N) is 1. The molecule has 2 rings (SSSR count). The summed E-state index contributed by atoms with van der Waals surface area (Å²) in [7, 11) is 0. The Kier molecular flexibility index (Phi) is 5.45. The van der Waals surface area contributed by atoms with Crippen LogP contribution in [0.1, 0.15) is 25.0 Å². The molecule has 1 aromatic heterocycles. The van der Waals surface area contributed by atoms with Gasteiger partial charge >= 0.3 is 0 Å². The van der Waals surface area contributed by atoms with Crippen molar-refractivity contribution >= 4 is 23.2 Å². The van der Waals surface area contributed by atoms with E-state index in [4.69, 9.17) is 27.9 Å². The molecule has 0 aliphatic heterocycles. The first-order valence-electron chi connectivity index (χ1n) is 6.77. The van der Waals surface area contributed by atoms with Crippen molar-refractivity contribution in [2.75, 3.05) is 0 Å². The van der Waals surface area contributed by atoms with Gasteiger partial charge in [0.1, 0.15) is 5.75 Å². The van der Waals surface area contributed by atoms with Gasteiger partial charge in [0.2, 0.25) is 5.88 Å². The van der Waals surface area contributed by atoms with Crippen molar-refractivity contribution < 1.29 is 4.74 Å². The van der Waals surface area contributed by atoms with Crippen LogP contribution in [0.3, 0.4) is 0 Å². The highest BCUT2D eigenvalue weighted by Crippen LogP contribution is 2.29. The second-order valence-corrected chi connectivity index (χ2v) is 5.99. The van der Waals surface area contributed by atoms with Crippen molar-refractivity contribution in [1.82, 2.24) is 10.3 Å². The molecule has 3 nitrogen and oxygen atoms in total. The number of hydrogen-bond donors (Lipinski definition) is 1. The molecule has 0 amide bonds. The maximum Gasteiger partial charge on any atom is 0.222 e. The van der Waals surface area contributed by atoms with Crippen LogP contribution in [0.15, 0.2) is 30.5 Å². The fourth-order valence-corrected chi connectivity index (χ4v) is 2.09. The number of ether oxygens (including phenoxy) is 1. The van der Waals surface area contributed by atoms with Gasteiger partial charge in [0.15, 0.2) is 0 Å². The number of halogens is 2. The number of pyridine rings is 1. The van der Waals surface area contributed by atoms with Crippen molar-refractivity contribution in [2.45, 2.75) is 33.4 Å². The molecule has 0 aliphatic rings. The van der Waals surface area contributed by atoms with Gasteiger partial charge in [-0.2, -0.15) is 0 Å². The smallest absolute Gasteiger partial charge is 0.222 e. The van der Waals surface area contributed by atoms with Gasteiger partial charge < -0.3 is 10.1 Å². The zero-order valence-electron chi connectivity index (χ0n) is 12.3. The van der Waals surface area contributed by atoms with Crippen LogP contribution in [0.2, 0.25) is 10.0 Å². The highest BCUT2D eigenvalue weighted by atomic mass is 35.5. The van der Waals surface area contributed by atoms with Gasteiger partial charge in [0.25, 0.3) is 0 Å². The van der Waals surface area contributed by atoms with E-state index < -0.39 is 0 Å². The maximum atomic E-state index is 5.98. The standard InChI is InChI=1S/C16H18Cl2N2O/c1-10(2)19-8-12-6-11(3)16(20-9-12)21-13-4-5-14(17)15(18)7-13/h4-7,9-10,19H,8H2,1-3H3. The summed E-state index contributed by atoms with van der Waals surface area (Å²) >= 11 is 11.9. The lowest BCUT2D eigenvalue weighted by atomic mass is 10.2. The number of benzene rings is 1. The topological polar surface area (TPSA) is 34.2 Å². The molecule has 0 bridgehead atoms. The Hall–Kier alpha value is -1.29. The molecule has 21 heavy (non-hydrogen) atoms. The van der Waals surface area contributed by atoms with Gasteiger partial charge in [-0.05, 0) is 30.7 Å². The summed E-state index contributed by atoms with van der Waals surface area (Å²) in [6.45, 7) is 6.99. The van der Waals surface area contributed by atoms with Gasteiger partial charge in [-0.15, -0.1) is 0 Å². The van der Waals surface area contributed by atoms with Crippen LogP contribution in [-0.4, -0.2) is 11.0 Å². The average molecular weight is 325 g/mol. The first kappa shape index (κ1) is 16.1. The summed E-state index contributed by atoms with van der Waals surface area (Å²) in [4.78, 5) is 4.37. The molecule has 0 radical (unpaired) electrons. The lowest BCUT2D eigenvalue weighted by Gasteiger charge is -2.11. The third-order valence-corrected chi connectivity index (χ3v) is 3.65. The summed E-state index contributed by atoms with van der Waals surface area (Å²) < 4.78 is 5.75. The van der Waals surface area contributed by atoms with Crippen LogP contribution in [0.5, 0.6) is 11.6 Å². The third-order valence-electron chi connectivity index (χ3n) is 2.91. The summed E-state index contributed by atoms with van der Waals surface area (Å²) in [5.74, 6) is 1.19. The fourth-order valence-electron chi connectivity index (χ4n) is 1.80. The van der Waals surface area contributed by atoms with Crippen LogP contribution in [0.25, 0.3) is 0 Å². The molecule has 0 unspecified atom stereocenters. The highest BCUT2D eigenvalue weighted by Gasteiger charge is 2.07. The van der Waals surface area contributed by atoms with E-state index in [2.05, 4.69) is 30.2 Å². The molecule has 1 heterocycles. The molecular formula is C16H18Cl2N2O. The van der Waals surface area contributed by atoms with Crippen molar-refractivity contribution in [3.63, 3.8) is 0 Å². The number of nitrogens with zero attached hydrogens (tertiary/aromatic N) is 1. The SMILES string of the molecule is Cc1cc(CNC(C)C)cnc1Oc1ccc(Cl)c(Cl)c1. The Morgan fingerprint density at radius 1 is 1.19 bits per heavy atom. The Labute approximate surface area is 135 Å². The van der Waals surface area contributed by atoms with Crippen LogP contribution in [0.4, 0.5) is 0 Å². The first-order chi connectivity index (χ1) is 9.95. The number of hydrogen-bond acceptors (Lipinski definition) is 3. The molecule has 2 aromatic rings. The van der Waals surface area contributed by atoms with Crippen LogP contribution < -0.4 is 10.1 Å². The predicted octanol–water partition coefficient (Wildman–Crippen LogP) is 4.99. The summed E-state index contributed by atoms with van der Waals surface area (Å²) in [5, 5.41) is 4.33. The predicted molar refractivity (Wildman–Crippen MR) is 87.5 cm³/mol. The fraction of sp³-hybridized carbons (Fsp3) is 0.312. The summed E-state index contributed by atoms with van der Waals surface area (Å²) in [6.07, 6.45) is 1.81. The molecular weight excluding hydrogens is 307 g/mol. The monoisotopic (exact) mass is 324 g/mol.